The predicted molar refractivity (Wildman–Crippen MR) is 62.5 cm³/mol. The third-order valence-electron chi connectivity index (χ3n) is 2.07. The quantitative estimate of drug-likeness (QED) is 0.667. The second-order valence-electron chi connectivity index (χ2n) is 3.98. The maximum atomic E-state index is 11.4. The Bertz CT molecular complexity index is 379. The second-order valence-corrected chi connectivity index (χ2v) is 6.24. The van der Waals surface area contributed by atoms with Crippen LogP contribution in [-0.4, -0.2) is 62.6 Å². The summed E-state index contributed by atoms with van der Waals surface area (Å²) < 4.78 is 21.6. The molecule has 0 aliphatic carbocycles. The van der Waals surface area contributed by atoms with Gasteiger partial charge in [-0.15, -0.1) is 0 Å². The summed E-state index contributed by atoms with van der Waals surface area (Å²) in [6, 6.07) is -0.484. The molecule has 2 N–H and O–H groups in total. The van der Waals surface area contributed by atoms with Crippen molar-refractivity contribution in [1.82, 2.24) is 10.2 Å². The maximum Gasteiger partial charge on any atom is 0.317 e. The van der Waals surface area contributed by atoms with Crippen LogP contribution in [0.5, 0.6) is 0 Å². The Labute approximate surface area is 101 Å². The highest BCUT2D eigenvalue weighted by Gasteiger charge is 2.17. The van der Waals surface area contributed by atoms with Crippen molar-refractivity contribution in [2.45, 2.75) is 6.92 Å². The lowest BCUT2D eigenvalue weighted by atomic mass is 10.2. The van der Waals surface area contributed by atoms with E-state index in [1.54, 1.807) is 0 Å². The number of sulfone groups is 1. The van der Waals surface area contributed by atoms with Gasteiger partial charge >= 0.3 is 12.0 Å². The van der Waals surface area contributed by atoms with Gasteiger partial charge in [-0.05, 0) is 0 Å². The summed E-state index contributed by atoms with van der Waals surface area (Å²) in [5.74, 6) is -1.79. The third kappa shape index (κ3) is 7.56. The summed E-state index contributed by atoms with van der Waals surface area (Å²) in [6.07, 6.45) is 1.08. The number of hydrogen-bond donors (Lipinski definition) is 2. The van der Waals surface area contributed by atoms with E-state index in [1.807, 2.05) is 0 Å². The van der Waals surface area contributed by atoms with E-state index in [9.17, 15) is 18.0 Å². The smallest absolute Gasteiger partial charge is 0.317 e. The normalized spacial score (nSPS) is 12.9. The fourth-order valence-electron chi connectivity index (χ4n) is 1.05. The molecule has 0 bridgehead atoms. The molecule has 0 radical (unpaired) electrons. The molecule has 0 aromatic rings. The average Bonchev–Trinajstić information content (AvgIpc) is 2.15. The molecule has 17 heavy (non-hydrogen) atoms. The highest BCUT2D eigenvalue weighted by atomic mass is 32.2. The number of carboxylic acid groups (broad SMARTS) is 1. The first-order chi connectivity index (χ1) is 7.63. The molecular weight excluding hydrogens is 248 g/mol. The zero-order valence-corrected chi connectivity index (χ0v) is 11.0. The molecule has 0 rings (SSSR count). The van der Waals surface area contributed by atoms with E-state index in [4.69, 9.17) is 5.11 Å². The van der Waals surface area contributed by atoms with E-state index in [2.05, 4.69) is 5.32 Å². The molecule has 7 nitrogen and oxygen atoms in total. The largest absolute Gasteiger partial charge is 0.481 e. The number of nitrogens with one attached hydrogen (secondary N) is 1. The number of rotatable bonds is 6. The van der Waals surface area contributed by atoms with Crippen LogP contribution in [0, 0.1) is 5.92 Å². The van der Waals surface area contributed by atoms with Crippen molar-refractivity contribution in [2.24, 2.45) is 5.92 Å². The standard InChI is InChI=1S/C9H18N2O5S/c1-7(8(12)13)6-11(2)9(14)10-4-5-17(3,15)16/h7H,4-6H2,1-3H3,(H,10,14)(H,12,13). The summed E-state index contributed by atoms with van der Waals surface area (Å²) in [6.45, 7) is 1.58. The molecule has 0 saturated carbocycles. The molecule has 8 heteroatoms. The SMILES string of the molecule is CC(CN(C)C(=O)NCCS(C)(=O)=O)C(=O)O. The molecule has 2 amide bonds. The van der Waals surface area contributed by atoms with Crippen molar-refractivity contribution in [3.8, 4) is 0 Å². The Morgan fingerprint density at radius 2 is 1.94 bits per heavy atom. The number of amides is 2. The topological polar surface area (TPSA) is 104 Å². The highest BCUT2D eigenvalue weighted by molar-refractivity contribution is 7.90. The van der Waals surface area contributed by atoms with Crippen molar-refractivity contribution in [3.05, 3.63) is 0 Å². The minimum Gasteiger partial charge on any atom is -0.481 e. The number of nitrogens with zero attached hydrogens (tertiary/aromatic N) is 1. The van der Waals surface area contributed by atoms with E-state index in [0.29, 0.717) is 0 Å². The number of aliphatic carboxylic acids is 1. The molecule has 0 aromatic heterocycles. The lowest BCUT2D eigenvalue weighted by Crippen LogP contribution is -2.42. The minimum absolute atomic E-state index is 0.0173. The predicted octanol–water partition coefficient (Wildman–Crippen LogP) is -0.607. The van der Waals surface area contributed by atoms with Gasteiger partial charge < -0.3 is 15.3 Å². The van der Waals surface area contributed by atoms with Crippen LogP contribution in [0.25, 0.3) is 0 Å². The van der Waals surface area contributed by atoms with Crippen LogP contribution in [0.15, 0.2) is 0 Å². The van der Waals surface area contributed by atoms with E-state index >= 15 is 0 Å². The lowest BCUT2D eigenvalue weighted by molar-refractivity contribution is -0.141. The Hall–Kier alpha value is -1.31. The molecule has 0 spiro atoms. The average molecular weight is 266 g/mol. The summed E-state index contributed by atoms with van der Waals surface area (Å²) in [5.41, 5.74) is 0. The Morgan fingerprint density at radius 1 is 1.41 bits per heavy atom. The molecule has 0 fully saturated rings. The van der Waals surface area contributed by atoms with Gasteiger partial charge in [-0.3, -0.25) is 4.79 Å². The van der Waals surface area contributed by atoms with E-state index in [0.717, 1.165) is 6.26 Å². The van der Waals surface area contributed by atoms with Gasteiger partial charge in [-0.2, -0.15) is 0 Å². The van der Waals surface area contributed by atoms with Gasteiger partial charge in [0.25, 0.3) is 0 Å². The zero-order valence-electron chi connectivity index (χ0n) is 10.1. The van der Waals surface area contributed by atoms with E-state index in [1.165, 1.54) is 18.9 Å². The molecule has 0 aliphatic rings. The molecule has 0 saturated heterocycles. The fraction of sp³-hybridized carbons (Fsp3) is 0.778. The lowest BCUT2D eigenvalue weighted by Gasteiger charge is -2.19. The van der Waals surface area contributed by atoms with Gasteiger partial charge in [0.2, 0.25) is 0 Å². The third-order valence-corrected chi connectivity index (χ3v) is 3.01. The van der Waals surface area contributed by atoms with Gasteiger partial charge in [0, 0.05) is 26.4 Å². The molecular formula is C9H18N2O5S. The number of carbonyl (C=O) groups excluding carboxylic acids is 1. The maximum absolute atomic E-state index is 11.4. The van der Waals surface area contributed by atoms with Crippen molar-refractivity contribution in [3.63, 3.8) is 0 Å². The number of carboxylic acids is 1. The first-order valence-corrected chi connectivity index (χ1v) is 7.09. The highest BCUT2D eigenvalue weighted by Crippen LogP contribution is 1.98. The molecule has 1 unspecified atom stereocenters. The first-order valence-electron chi connectivity index (χ1n) is 5.03. The number of carbonyl (C=O) groups is 2. The van der Waals surface area contributed by atoms with Crippen molar-refractivity contribution in [1.29, 1.82) is 0 Å². The zero-order chi connectivity index (χ0) is 13.6. The van der Waals surface area contributed by atoms with Crippen molar-refractivity contribution < 1.29 is 23.1 Å². The van der Waals surface area contributed by atoms with Crippen LogP contribution in [0.2, 0.25) is 0 Å². The summed E-state index contributed by atoms with van der Waals surface area (Å²) in [7, 11) is -1.66. The van der Waals surface area contributed by atoms with Crippen LogP contribution >= 0.6 is 0 Å². The van der Waals surface area contributed by atoms with Gasteiger partial charge in [-0.25, -0.2) is 13.2 Å². The Balaban J connectivity index is 4.03. The number of hydrogen-bond acceptors (Lipinski definition) is 4. The van der Waals surface area contributed by atoms with Crippen LogP contribution < -0.4 is 5.32 Å². The van der Waals surface area contributed by atoms with Gasteiger partial charge in [0.05, 0.1) is 11.7 Å². The second kappa shape index (κ2) is 6.43. The summed E-state index contributed by atoms with van der Waals surface area (Å²) in [5, 5.41) is 11.1. The van der Waals surface area contributed by atoms with Gasteiger partial charge in [-0.1, -0.05) is 6.92 Å². The molecule has 0 aliphatic heterocycles. The molecule has 0 aromatic carbocycles. The summed E-state index contributed by atoms with van der Waals surface area (Å²) >= 11 is 0. The molecule has 100 valence electrons. The summed E-state index contributed by atoms with van der Waals surface area (Å²) in [4.78, 5) is 23.2. The van der Waals surface area contributed by atoms with Crippen molar-refractivity contribution in [2.75, 3.05) is 32.1 Å². The fourth-order valence-corrected chi connectivity index (χ4v) is 1.52. The van der Waals surface area contributed by atoms with Crippen LogP contribution in [-0.2, 0) is 14.6 Å². The van der Waals surface area contributed by atoms with Crippen LogP contribution in [0.1, 0.15) is 6.92 Å². The Kier molecular flexibility index (Phi) is 5.94. The Morgan fingerprint density at radius 3 is 2.35 bits per heavy atom. The molecule has 0 heterocycles. The van der Waals surface area contributed by atoms with Crippen LogP contribution in [0.3, 0.4) is 0 Å². The monoisotopic (exact) mass is 266 g/mol. The van der Waals surface area contributed by atoms with E-state index in [-0.39, 0.29) is 18.8 Å². The van der Waals surface area contributed by atoms with Crippen molar-refractivity contribution >= 4 is 21.8 Å². The molecule has 1 atom stereocenters. The van der Waals surface area contributed by atoms with Gasteiger partial charge in [0.15, 0.2) is 0 Å². The minimum atomic E-state index is -3.11. The van der Waals surface area contributed by atoms with Gasteiger partial charge in [0.1, 0.15) is 9.84 Å². The van der Waals surface area contributed by atoms with Crippen LogP contribution in [0.4, 0.5) is 4.79 Å². The first kappa shape index (κ1) is 15.7. The number of urea groups is 1. The van der Waals surface area contributed by atoms with E-state index < -0.39 is 27.8 Å².